The number of nitrogens with one attached hydrogen (secondary N) is 1. The van der Waals surface area contributed by atoms with Gasteiger partial charge in [0, 0.05) is 18.8 Å². The second-order valence-electron chi connectivity index (χ2n) is 6.73. The SMILES string of the molecule is Cc1nn(C)c2nc(C(C)C)cc(C(=O)N[C@@H]3CCS(=O)(=O)C3)c12. The molecule has 3 rings (SSSR count). The van der Waals surface area contributed by atoms with E-state index in [0.29, 0.717) is 17.6 Å². The lowest BCUT2D eigenvalue weighted by Gasteiger charge is -2.13. The first-order valence-electron chi connectivity index (χ1n) is 8.03. The number of amides is 1. The maximum absolute atomic E-state index is 12.8. The van der Waals surface area contributed by atoms with Crippen LogP contribution in [0.4, 0.5) is 0 Å². The van der Waals surface area contributed by atoms with Gasteiger partial charge in [0.15, 0.2) is 15.5 Å². The Kier molecular flexibility index (Phi) is 4.11. The summed E-state index contributed by atoms with van der Waals surface area (Å²) in [5.74, 6) is 0.0496. The number of nitrogens with zero attached hydrogens (tertiary/aromatic N) is 3. The largest absolute Gasteiger partial charge is 0.348 e. The molecule has 1 amide bonds. The number of aryl methyl sites for hydroxylation is 2. The maximum Gasteiger partial charge on any atom is 0.252 e. The Labute approximate surface area is 141 Å². The van der Waals surface area contributed by atoms with Crippen LogP contribution in [0.25, 0.3) is 11.0 Å². The molecule has 7 nitrogen and oxygen atoms in total. The van der Waals surface area contributed by atoms with Crippen LogP contribution < -0.4 is 5.32 Å². The van der Waals surface area contributed by atoms with Gasteiger partial charge in [-0.25, -0.2) is 13.4 Å². The number of hydrogen-bond acceptors (Lipinski definition) is 5. The molecule has 1 atom stereocenters. The van der Waals surface area contributed by atoms with Crippen molar-refractivity contribution >= 4 is 26.8 Å². The van der Waals surface area contributed by atoms with Gasteiger partial charge in [-0.1, -0.05) is 13.8 Å². The summed E-state index contributed by atoms with van der Waals surface area (Å²) in [6.07, 6.45) is 0.464. The van der Waals surface area contributed by atoms with Crippen LogP contribution in [0.2, 0.25) is 0 Å². The van der Waals surface area contributed by atoms with Gasteiger partial charge in [-0.15, -0.1) is 0 Å². The molecule has 0 radical (unpaired) electrons. The molecule has 0 bridgehead atoms. The summed E-state index contributed by atoms with van der Waals surface area (Å²) in [5, 5.41) is 7.95. The molecule has 0 spiro atoms. The second kappa shape index (κ2) is 5.84. The van der Waals surface area contributed by atoms with Crippen molar-refractivity contribution in [3.63, 3.8) is 0 Å². The fraction of sp³-hybridized carbons (Fsp3) is 0.562. The van der Waals surface area contributed by atoms with Crippen molar-refractivity contribution < 1.29 is 13.2 Å². The minimum absolute atomic E-state index is 0.00995. The number of hydrogen-bond donors (Lipinski definition) is 1. The third-order valence-corrected chi connectivity index (χ3v) is 6.16. The number of aromatic nitrogens is 3. The Hall–Kier alpha value is -1.96. The van der Waals surface area contributed by atoms with Crippen molar-refractivity contribution in [1.82, 2.24) is 20.1 Å². The second-order valence-corrected chi connectivity index (χ2v) is 8.96. The van der Waals surface area contributed by atoms with Crippen molar-refractivity contribution in [2.75, 3.05) is 11.5 Å². The Morgan fingerprint density at radius 2 is 2.12 bits per heavy atom. The van der Waals surface area contributed by atoms with Crippen LogP contribution in [0.1, 0.15) is 47.9 Å². The van der Waals surface area contributed by atoms with Gasteiger partial charge in [0.2, 0.25) is 0 Å². The predicted molar refractivity (Wildman–Crippen MR) is 91.9 cm³/mol. The molecule has 2 aromatic heterocycles. The van der Waals surface area contributed by atoms with Crippen LogP contribution in [-0.4, -0.2) is 46.6 Å². The first-order chi connectivity index (χ1) is 11.2. The molecule has 24 heavy (non-hydrogen) atoms. The molecule has 130 valence electrons. The summed E-state index contributed by atoms with van der Waals surface area (Å²) >= 11 is 0. The Morgan fingerprint density at radius 3 is 2.71 bits per heavy atom. The fourth-order valence-electron chi connectivity index (χ4n) is 3.11. The molecule has 0 aromatic carbocycles. The molecular weight excluding hydrogens is 328 g/mol. The van der Waals surface area contributed by atoms with E-state index in [0.717, 1.165) is 16.8 Å². The lowest BCUT2D eigenvalue weighted by molar-refractivity contribution is 0.0942. The molecule has 0 saturated carbocycles. The van der Waals surface area contributed by atoms with Crippen molar-refractivity contribution in [2.45, 2.75) is 39.2 Å². The van der Waals surface area contributed by atoms with Crippen LogP contribution >= 0.6 is 0 Å². The third kappa shape index (κ3) is 3.02. The van der Waals surface area contributed by atoms with Crippen molar-refractivity contribution in [1.29, 1.82) is 0 Å². The van der Waals surface area contributed by atoms with Crippen LogP contribution in [0.3, 0.4) is 0 Å². The predicted octanol–water partition coefficient (Wildman–Crippen LogP) is 1.32. The van der Waals surface area contributed by atoms with E-state index in [1.165, 1.54) is 0 Å². The zero-order chi connectivity index (χ0) is 17.6. The van der Waals surface area contributed by atoms with Gasteiger partial charge in [0.25, 0.3) is 5.91 Å². The van der Waals surface area contributed by atoms with Gasteiger partial charge in [0.1, 0.15) is 0 Å². The van der Waals surface area contributed by atoms with E-state index in [-0.39, 0.29) is 29.4 Å². The molecule has 2 aromatic rings. The van der Waals surface area contributed by atoms with E-state index in [1.807, 2.05) is 20.8 Å². The average Bonchev–Trinajstić information content (AvgIpc) is 2.97. The summed E-state index contributed by atoms with van der Waals surface area (Å²) in [7, 11) is -1.23. The van der Waals surface area contributed by atoms with Gasteiger partial charge >= 0.3 is 0 Å². The fourth-order valence-corrected chi connectivity index (χ4v) is 4.78. The van der Waals surface area contributed by atoms with Crippen LogP contribution in [-0.2, 0) is 16.9 Å². The minimum atomic E-state index is -3.03. The van der Waals surface area contributed by atoms with Gasteiger partial charge in [-0.05, 0) is 25.3 Å². The quantitative estimate of drug-likeness (QED) is 0.901. The number of fused-ring (bicyclic) bond motifs is 1. The molecule has 0 aliphatic carbocycles. The summed E-state index contributed by atoms with van der Waals surface area (Å²) in [6.45, 7) is 5.88. The van der Waals surface area contributed by atoms with Crippen molar-refractivity contribution in [3.8, 4) is 0 Å². The van der Waals surface area contributed by atoms with Crippen LogP contribution in [0, 0.1) is 6.92 Å². The molecule has 1 fully saturated rings. The molecule has 1 aliphatic heterocycles. The lowest BCUT2D eigenvalue weighted by atomic mass is 10.0. The maximum atomic E-state index is 12.8. The zero-order valence-electron chi connectivity index (χ0n) is 14.3. The molecule has 0 unspecified atom stereocenters. The normalized spacial score (nSPS) is 20.0. The third-order valence-electron chi connectivity index (χ3n) is 4.39. The van der Waals surface area contributed by atoms with Gasteiger partial charge < -0.3 is 5.32 Å². The van der Waals surface area contributed by atoms with Crippen LogP contribution in [0.15, 0.2) is 6.07 Å². The highest BCUT2D eigenvalue weighted by Gasteiger charge is 2.30. The van der Waals surface area contributed by atoms with Gasteiger partial charge in [-0.2, -0.15) is 5.10 Å². The van der Waals surface area contributed by atoms with E-state index >= 15 is 0 Å². The number of carbonyl (C=O) groups is 1. The molecule has 8 heteroatoms. The minimum Gasteiger partial charge on any atom is -0.348 e. The zero-order valence-corrected chi connectivity index (χ0v) is 15.1. The lowest BCUT2D eigenvalue weighted by Crippen LogP contribution is -2.35. The van der Waals surface area contributed by atoms with E-state index in [2.05, 4.69) is 15.4 Å². The van der Waals surface area contributed by atoms with E-state index in [1.54, 1.807) is 17.8 Å². The first-order valence-corrected chi connectivity index (χ1v) is 9.85. The van der Waals surface area contributed by atoms with Crippen LogP contribution in [0.5, 0.6) is 0 Å². The summed E-state index contributed by atoms with van der Waals surface area (Å²) in [5.41, 5.74) is 2.73. The highest BCUT2D eigenvalue weighted by Crippen LogP contribution is 2.25. The molecule has 1 aliphatic rings. The smallest absolute Gasteiger partial charge is 0.252 e. The number of carbonyl (C=O) groups excluding carboxylic acids is 1. The average molecular weight is 350 g/mol. The van der Waals surface area contributed by atoms with E-state index in [9.17, 15) is 13.2 Å². The van der Waals surface area contributed by atoms with Crippen molar-refractivity contribution in [2.24, 2.45) is 7.05 Å². The monoisotopic (exact) mass is 350 g/mol. The highest BCUT2D eigenvalue weighted by atomic mass is 32.2. The molecule has 3 heterocycles. The topological polar surface area (TPSA) is 93.9 Å². The molecule has 1 saturated heterocycles. The number of rotatable bonds is 3. The standard InChI is InChI=1S/C16H22N4O3S/c1-9(2)13-7-12(14-10(3)19-20(4)15(14)18-13)16(21)17-11-5-6-24(22,23)8-11/h7,9,11H,5-6,8H2,1-4H3,(H,17,21)/t11-/m1/s1. The summed E-state index contributed by atoms with van der Waals surface area (Å²) in [6, 6.07) is 1.46. The highest BCUT2D eigenvalue weighted by molar-refractivity contribution is 7.91. The first kappa shape index (κ1) is 16.9. The Bertz CT molecular complexity index is 915. The van der Waals surface area contributed by atoms with Gasteiger partial charge in [-0.3, -0.25) is 9.48 Å². The van der Waals surface area contributed by atoms with E-state index < -0.39 is 9.84 Å². The van der Waals surface area contributed by atoms with Crippen molar-refractivity contribution in [3.05, 3.63) is 23.0 Å². The van der Waals surface area contributed by atoms with E-state index in [4.69, 9.17) is 0 Å². The number of sulfone groups is 1. The Morgan fingerprint density at radius 1 is 1.42 bits per heavy atom. The molecular formula is C16H22N4O3S. The summed E-state index contributed by atoms with van der Waals surface area (Å²) < 4.78 is 24.9. The summed E-state index contributed by atoms with van der Waals surface area (Å²) in [4.78, 5) is 17.4. The Balaban J connectivity index is 2.02. The molecule has 1 N–H and O–H groups in total. The van der Waals surface area contributed by atoms with Gasteiger partial charge in [0.05, 0.1) is 28.1 Å². The number of pyridine rings is 1.